The molecule has 0 atom stereocenters. The molecule has 2 aromatic carbocycles. The molecular weight excluding hydrogens is 306 g/mol. The summed E-state index contributed by atoms with van der Waals surface area (Å²) in [4.78, 5) is 13.2. The fourth-order valence-corrected chi connectivity index (χ4v) is 2.50. The molecule has 3 aromatic rings. The Labute approximate surface area is 147 Å². The summed E-state index contributed by atoms with van der Waals surface area (Å²) in [5.74, 6) is 3.88. The van der Waals surface area contributed by atoms with E-state index in [2.05, 4.69) is 20.9 Å². The van der Waals surface area contributed by atoms with Gasteiger partial charge in [-0.25, -0.2) is 15.0 Å². The van der Waals surface area contributed by atoms with Crippen molar-refractivity contribution in [3.63, 3.8) is 0 Å². The van der Waals surface area contributed by atoms with Crippen molar-refractivity contribution < 1.29 is 0 Å². The number of nitrogens with zero attached hydrogens (tertiary/aromatic N) is 3. The Balaban J connectivity index is 2.02. The van der Waals surface area contributed by atoms with E-state index in [0.717, 1.165) is 22.3 Å². The number of allylic oxidation sites excluding steroid dienone is 4. The van der Waals surface area contributed by atoms with Crippen LogP contribution in [0, 0.1) is 12.3 Å². The van der Waals surface area contributed by atoms with Gasteiger partial charge in [0.05, 0.1) is 0 Å². The average Bonchev–Trinajstić information content (AvgIpc) is 2.69. The molecule has 1 heterocycles. The SMILES string of the molecule is C#C/C=C(\C=C/C)c1cccc(-c2ncnc(-c3ccccc3)n2)c1. The fraction of sp³-hybridized carbons (Fsp3) is 0.0455. The summed E-state index contributed by atoms with van der Waals surface area (Å²) in [7, 11) is 0. The number of hydrogen-bond donors (Lipinski definition) is 0. The fourth-order valence-electron chi connectivity index (χ4n) is 2.50. The Hall–Kier alpha value is -3.51. The Morgan fingerprint density at radius 2 is 1.68 bits per heavy atom. The maximum absolute atomic E-state index is 5.44. The van der Waals surface area contributed by atoms with Crippen molar-refractivity contribution in [1.82, 2.24) is 15.0 Å². The zero-order chi connectivity index (χ0) is 17.5. The Morgan fingerprint density at radius 1 is 0.960 bits per heavy atom. The molecule has 0 aliphatic carbocycles. The largest absolute Gasteiger partial charge is 0.217 e. The second-order valence-corrected chi connectivity index (χ2v) is 5.35. The lowest BCUT2D eigenvalue weighted by Crippen LogP contribution is -1.95. The van der Waals surface area contributed by atoms with Gasteiger partial charge in [0.2, 0.25) is 0 Å². The third-order valence-electron chi connectivity index (χ3n) is 3.64. The molecule has 25 heavy (non-hydrogen) atoms. The minimum Gasteiger partial charge on any atom is -0.217 e. The number of hydrogen-bond acceptors (Lipinski definition) is 3. The molecule has 0 amide bonds. The van der Waals surface area contributed by atoms with Crippen molar-refractivity contribution in [1.29, 1.82) is 0 Å². The highest BCUT2D eigenvalue weighted by molar-refractivity contribution is 5.78. The quantitative estimate of drug-likeness (QED) is 0.511. The van der Waals surface area contributed by atoms with Gasteiger partial charge in [-0.05, 0) is 30.2 Å². The van der Waals surface area contributed by atoms with Gasteiger partial charge < -0.3 is 0 Å². The Kier molecular flexibility index (Phi) is 5.13. The lowest BCUT2D eigenvalue weighted by molar-refractivity contribution is 1.06. The summed E-state index contributed by atoms with van der Waals surface area (Å²) in [5, 5.41) is 0. The van der Waals surface area contributed by atoms with E-state index in [1.54, 1.807) is 12.4 Å². The number of terminal acetylenes is 1. The summed E-state index contributed by atoms with van der Waals surface area (Å²) in [6.45, 7) is 1.96. The predicted octanol–water partition coefficient (Wildman–Crippen LogP) is 4.80. The standard InChI is InChI=1S/C22H17N3/c1-3-9-17(10-4-2)19-13-8-14-20(15-19)22-24-16-23-21(25-22)18-11-6-5-7-12-18/h1,4-16H,2H3/b10-4-,17-9+. The van der Waals surface area contributed by atoms with E-state index in [1.165, 1.54) is 0 Å². The minimum atomic E-state index is 0.635. The molecule has 0 N–H and O–H groups in total. The van der Waals surface area contributed by atoms with Crippen LogP contribution in [0.25, 0.3) is 28.3 Å². The molecule has 0 spiro atoms. The van der Waals surface area contributed by atoms with E-state index in [9.17, 15) is 0 Å². The van der Waals surface area contributed by atoms with Gasteiger partial charge in [-0.3, -0.25) is 0 Å². The van der Waals surface area contributed by atoms with Gasteiger partial charge >= 0.3 is 0 Å². The molecule has 0 unspecified atom stereocenters. The van der Waals surface area contributed by atoms with Crippen molar-refractivity contribution in [2.45, 2.75) is 6.92 Å². The number of rotatable bonds is 4. The van der Waals surface area contributed by atoms with Crippen molar-refractivity contribution in [2.75, 3.05) is 0 Å². The van der Waals surface area contributed by atoms with E-state index in [1.807, 2.05) is 73.7 Å². The average molecular weight is 323 g/mol. The van der Waals surface area contributed by atoms with Gasteiger partial charge in [-0.15, -0.1) is 6.42 Å². The Bertz CT molecular complexity index is 964. The highest BCUT2D eigenvalue weighted by Gasteiger charge is 2.07. The Morgan fingerprint density at radius 3 is 2.40 bits per heavy atom. The van der Waals surface area contributed by atoms with E-state index in [4.69, 9.17) is 6.42 Å². The summed E-state index contributed by atoms with van der Waals surface area (Å²) in [6, 6.07) is 17.9. The number of aromatic nitrogens is 3. The van der Waals surface area contributed by atoms with E-state index < -0.39 is 0 Å². The van der Waals surface area contributed by atoms with Crippen LogP contribution >= 0.6 is 0 Å². The van der Waals surface area contributed by atoms with Gasteiger partial charge in [0.25, 0.3) is 0 Å². The van der Waals surface area contributed by atoms with Crippen LogP contribution in [0.2, 0.25) is 0 Å². The number of benzene rings is 2. The lowest BCUT2D eigenvalue weighted by Gasteiger charge is -2.06. The summed E-state index contributed by atoms with van der Waals surface area (Å²) < 4.78 is 0. The van der Waals surface area contributed by atoms with Crippen molar-refractivity contribution in [2.24, 2.45) is 0 Å². The molecule has 3 nitrogen and oxygen atoms in total. The molecule has 1 aromatic heterocycles. The maximum atomic E-state index is 5.44. The molecule has 0 fully saturated rings. The van der Waals surface area contributed by atoms with Crippen LogP contribution in [-0.4, -0.2) is 15.0 Å². The van der Waals surface area contributed by atoms with Crippen LogP contribution in [0.4, 0.5) is 0 Å². The lowest BCUT2D eigenvalue weighted by atomic mass is 10.0. The van der Waals surface area contributed by atoms with Crippen molar-refractivity contribution in [3.05, 3.63) is 84.7 Å². The van der Waals surface area contributed by atoms with Crippen LogP contribution in [0.15, 0.2) is 79.2 Å². The molecule has 0 bridgehead atoms. The topological polar surface area (TPSA) is 38.7 Å². The van der Waals surface area contributed by atoms with Crippen LogP contribution < -0.4 is 0 Å². The maximum Gasteiger partial charge on any atom is 0.163 e. The first kappa shape index (κ1) is 16.4. The van der Waals surface area contributed by atoms with Gasteiger partial charge in [0.15, 0.2) is 11.6 Å². The van der Waals surface area contributed by atoms with Crippen molar-refractivity contribution in [3.8, 4) is 35.1 Å². The van der Waals surface area contributed by atoms with Gasteiger partial charge in [-0.1, -0.05) is 66.6 Å². The third kappa shape index (κ3) is 3.88. The van der Waals surface area contributed by atoms with Crippen LogP contribution in [-0.2, 0) is 0 Å². The summed E-state index contributed by atoms with van der Waals surface area (Å²) >= 11 is 0. The zero-order valence-corrected chi connectivity index (χ0v) is 13.9. The molecule has 0 saturated carbocycles. The van der Waals surface area contributed by atoms with Gasteiger partial charge in [0, 0.05) is 11.1 Å². The van der Waals surface area contributed by atoms with Crippen LogP contribution in [0.1, 0.15) is 12.5 Å². The molecule has 0 aliphatic rings. The monoisotopic (exact) mass is 323 g/mol. The molecule has 120 valence electrons. The molecule has 0 radical (unpaired) electrons. The van der Waals surface area contributed by atoms with Crippen molar-refractivity contribution >= 4 is 5.57 Å². The first-order chi connectivity index (χ1) is 12.3. The highest BCUT2D eigenvalue weighted by atomic mass is 15.0. The third-order valence-corrected chi connectivity index (χ3v) is 3.64. The molecule has 0 saturated heterocycles. The van der Waals surface area contributed by atoms with Gasteiger partial charge in [0.1, 0.15) is 6.33 Å². The van der Waals surface area contributed by atoms with Crippen LogP contribution in [0.3, 0.4) is 0 Å². The second-order valence-electron chi connectivity index (χ2n) is 5.35. The van der Waals surface area contributed by atoms with E-state index >= 15 is 0 Å². The van der Waals surface area contributed by atoms with Crippen LogP contribution in [0.5, 0.6) is 0 Å². The predicted molar refractivity (Wildman–Crippen MR) is 102 cm³/mol. The second kappa shape index (κ2) is 7.85. The molecular formula is C22H17N3. The molecule has 3 rings (SSSR count). The first-order valence-electron chi connectivity index (χ1n) is 7.96. The first-order valence-corrected chi connectivity index (χ1v) is 7.96. The van der Waals surface area contributed by atoms with E-state index in [0.29, 0.717) is 11.6 Å². The molecule has 3 heteroatoms. The normalized spacial score (nSPS) is 11.4. The molecule has 0 aliphatic heterocycles. The highest BCUT2D eigenvalue weighted by Crippen LogP contribution is 2.23. The minimum absolute atomic E-state index is 0.635. The van der Waals surface area contributed by atoms with E-state index in [-0.39, 0.29) is 0 Å². The summed E-state index contributed by atoms with van der Waals surface area (Å²) in [6.07, 6.45) is 12.7. The zero-order valence-electron chi connectivity index (χ0n) is 13.9. The smallest absolute Gasteiger partial charge is 0.163 e. The summed E-state index contributed by atoms with van der Waals surface area (Å²) in [5.41, 5.74) is 3.88. The van der Waals surface area contributed by atoms with Gasteiger partial charge in [-0.2, -0.15) is 0 Å².